The van der Waals surface area contributed by atoms with E-state index in [4.69, 9.17) is 9.47 Å². The second kappa shape index (κ2) is 10.2. The molecule has 1 N–H and O–H groups in total. The topological polar surface area (TPSA) is 72.8 Å². The minimum atomic E-state index is -0.318. The molecular weight excluding hydrogens is 502 g/mol. The Bertz CT molecular complexity index is 1010. The van der Waals surface area contributed by atoms with Gasteiger partial charge in [-0.2, -0.15) is 5.10 Å². The molecule has 3 rings (SSSR count). The molecule has 0 saturated carbocycles. The summed E-state index contributed by atoms with van der Waals surface area (Å²) in [6, 6.07) is 14.7. The number of nitrogens with one attached hydrogen (secondary N) is 1. The van der Waals surface area contributed by atoms with E-state index in [1.54, 1.807) is 37.7 Å². The van der Waals surface area contributed by atoms with Crippen LogP contribution in [0.25, 0.3) is 0 Å². The van der Waals surface area contributed by atoms with Gasteiger partial charge in [-0.3, -0.25) is 9.78 Å². The van der Waals surface area contributed by atoms with Gasteiger partial charge in [0.05, 0.1) is 13.3 Å². The Morgan fingerprint density at radius 1 is 1.10 bits per heavy atom. The van der Waals surface area contributed by atoms with Crippen LogP contribution in [0.15, 0.2) is 75.0 Å². The van der Waals surface area contributed by atoms with Crippen molar-refractivity contribution >= 4 is 44.0 Å². The molecular formula is C21H17Br2N3O3. The molecule has 0 atom stereocenters. The van der Waals surface area contributed by atoms with Crippen molar-refractivity contribution in [1.29, 1.82) is 0 Å². The number of carbonyl (C=O) groups excluding carboxylic acids is 1. The molecule has 8 heteroatoms. The van der Waals surface area contributed by atoms with Crippen molar-refractivity contribution in [2.75, 3.05) is 7.11 Å². The van der Waals surface area contributed by atoms with Crippen LogP contribution in [0.1, 0.15) is 21.5 Å². The van der Waals surface area contributed by atoms with Crippen LogP contribution < -0.4 is 14.9 Å². The molecule has 0 aliphatic rings. The van der Waals surface area contributed by atoms with E-state index in [1.165, 1.54) is 6.21 Å². The number of hydrogen-bond acceptors (Lipinski definition) is 5. The molecule has 0 radical (unpaired) electrons. The summed E-state index contributed by atoms with van der Waals surface area (Å²) in [6.07, 6.45) is 4.63. The summed E-state index contributed by atoms with van der Waals surface area (Å²) in [7, 11) is 1.57. The average molecular weight is 519 g/mol. The number of amides is 1. The number of methoxy groups -OCH3 is 1. The Labute approximate surface area is 185 Å². The van der Waals surface area contributed by atoms with E-state index in [0.29, 0.717) is 23.7 Å². The Morgan fingerprint density at radius 2 is 1.83 bits per heavy atom. The number of aromatic nitrogens is 1. The summed E-state index contributed by atoms with van der Waals surface area (Å²) < 4.78 is 13.1. The Balaban J connectivity index is 1.68. The molecule has 1 aromatic heterocycles. The van der Waals surface area contributed by atoms with Crippen LogP contribution in [0.3, 0.4) is 0 Å². The van der Waals surface area contributed by atoms with Gasteiger partial charge in [-0.1, -0.05) is 28.1 Å². The van der Waals surface area contributed by atoms with Crippen molar-refractivity contribution in [3.8, 4) is 11.5 Å². The van der Waals surface area contributed by atoms with Gasteiger partial charge in [-0.15, -0.1) is 0 Å². The molecule has 0 bridgehead atoms. The summed E-state index contributed by atoms with van der Waals surface area (Å²) in [5, 5.41) is 4.01. The molecule has 0 saturated heterocycles. The summed E-state index contributed by atoms with van der Waals surface area (Å²) >= 11 is 6.92. The number of pyridine rings is 1. The van der Waals surface area contributed by atoms with Crippen LogP contribution in [0.2, 0.25) is 0 Å². The van der Waals surface area contributed by atoms with Crippen molar-refractivity contribution in [1.82, 2.24) is 10.4 Å². The minimum Gasteiger partial charge on any atom is -0.493 e. The van der Waals surface area contributed by atoms with E-state index in [2.05, 4.69) is 47.4 Å². The van der Waals surface area contributed by atoms with Crippen LogP contribution in [0, 0.1) is 0 Å². The SMILES string of the molecule is COc1cc(/C=N\NC(=O)c2ccncc2)c(Br)cc1OCc1ccc(Br)cc1. The summed E-state index contributed by atoms with van der Waals surface area (Å²) in [5.74, 6) is 0.841. The second-order valence-corrected chi connectivity index (χ2v) is 7.64. The van der Waals surface area contributed by atoms with Crippen LogP contribution in [-0.4, -0.2) is 24.2 Å². The number of halogens is 2. The molecule has 2 aromatic carbocycles. The smallest absolute Gasteiger partial charge is 0.271 e. The highest BCUT2D eigenvalue weighted by Gasteiger charge is 2.10. The Morgan fingerprint density at radius 3 is 2.52 bits per heavy atom. The fourth-order valence-corrected chi connectivity index (χ4v) is 3.08. The molecule has 29 heavy (non-hydrogen) atoms. The molecule has 6 nitrogen and oxygen atoms in total. The highest BCUT2D eigenvalue weighted by molar-refractivity contribution is 9.10. The van der Waals surface area contributed by atoms with Gasteiger partial charge in [0.1, 0.15) is 6.61 Å². The number of hydrazone groups is 1. The van der Waals surface area contributed by atoms with Crippen LogP contribution >= 0.6 is 31.9 Å². The second-order valence-electron chi connectivity index (χ2n) is 5.87. The molecule has 0 aliphatic heterocycles. The van der Waals surface area contributed by atoms with Crippen LogP contribution in [0.4, 0.5) is 0 Å². The maximum Gasteiger partial charge on any atom is 0.271 e. The van der Waals surface area contributed by atoms with E-state index in [-0.39, 0.29) is 5.91 Å². The number of hydrogen-bond donors (Lipinski definition) is 1. The number of benzene rings is 2. The standard InChI is InChI=1S/C21H17Br2N3O3/c1-28-19-10-16(12-25-26-21(27)15-6-8-24-9-7-15)18(23)11-20(19)29-13-14-2-4-17(22)5-3-14/h2-12H,13H2,1H3,(H,26,27)/b25-12-. The Hall–Kier alpha value is -2.71. The lowest BCUT2D eigenvalue weighted by Gasteiger charge is -2.13. The van der Waals surface area contributed by atoms with Gasteiger partial charge in [0.25, 0.3) is 5.91 Å². The molecule has 0 spiro atoms. The van der Waals surface area contributed by atoms with Gasteiger partial charge in [-0.25, -0.2) is 5.43 Å². The molecule has 0 fully saturated rings. The van der Waals surface area contributed by atoms with Gasteiger partial charge >= 0.3 is 0 Å². The third-order valence-electron chi connectivity index (χ3n) is 3.90. The molecule has 0 aliphatic carbocycles. The van der Waals surface area contributed by atoms with Crippen molar-refractivity contribution in [2.24, 2.45) is 5.10 Å². The van der Waals surface area contributed by atoms with Crippen molar-refractivity contribution in [2.45, 2.75) is 6.61 Å². The summed E-state index contributed by atoms with van der Waals surface area (Å²) in [6.45, 7) is 0.408. The van der Waals surface area contributed by atoms with Crippen molar-refractivity contribution < 1.29 is 14.3 Å². The zero-order valence-corrected chi connectivity index (χ0v) is 18.6. The number of carbonyl (C=O) groups is 1. The Kier molecular flexibility index (Phi) is 7.37. The normalized spacial score (nSPS) is 10.7. The molecule has 1 heterocycles. The maximum absolute atomic E-state index is 12.0. The largest absolute Gasteiger partial charge is 0.493 e. The van der Waals surface area contributed by atoms with Gasteiger partial charge in [0, 0.05) is 32.5 Å². The first-order chi connectivity index (χ1) is 14.1. The lowest BCUT2D eigenvalue weighted by atomic mass is 10.2. The summed E-state index contributed by atoms with van der Waals surface area (Å²) in [4.78, 5) is 15.9. The number of nitrogens with zero attached hydrogens (tertiary/aromatic N) is 2. The lowest BCUT2D eigenvalue weighted by Crippen LogP contribution is -2.17. The van der Waals surface area contributed by atoms with Crippen molar-refractivity contribution in [3.63, 3.8) is 0 Å². The molecule has 1 amide bonds. The van der Waals surface area contributed by atoms with Gasteiger partial charge in [0.2, 0.25) is 0 Å². The quantitative estimate of drug-likeness (QED) is 0.354. The number of ether oxygens (including phenoxy) is 2. The monoisotopic (exact) mass is 517 g/mol. The lowest BCUT2D eigenvalue weighted by molar-refractivity contribution is 0.0955. The van der Waals surface area contributed by atoms with E-state index in [0.717, 1.165) is 20.1 Å². The first-order valence-electron chi connectivity index (χ1n) is 8.55. The fraction of sp³-hybridized carbons (Fsp3) is 0.0952. The van der Waals surface area contributed by atoms with Gasteiger partial charge < -0.3 is 9.47 Å². The predicted octanol–water partition coefficient (Wildman–Crippen LogP) is 4.96. The van der Waals surface area contributed by atoms with Gasteiger partial charge in [0.15, 0.2) is 11.5 Å². The van der Waals surface area contributed by atoms with E-state index in [1.807, 2.05) is 30.3 Å². The average Bonchev–Trinajstić information content (AvgIpc) is 2.75. The third kappa shape index (κ3) is 5.88. The van der Waals surface area contributed by atoms with Crippen LogP contribution in [0.5, 0.6) is 11.5 Å². The zero-order chi connectivity index (χ0) is 20.6. The molecule has 3 aromatic rings. The molecule has 148 valence electrons. The van der Waals surface area contributed by atoms with Crippen molar-refractivity contribution in [3.05, 3.63) is 86.6 Å². The first kappa shape index (κ1) is 21.0. The zero-order valence-electron chi connectivity index (χ0n) is 15.4. The minimum absolute atomic E-state index is 0.318. The van der Waals surface area contributed by atoms with E-state index < -0.39 is 0 Å². The predicted molar refractivity (Wildman–Crippen MR) is 118 cm³/mol. The molecule has 0 unspecified atom stereocenters. The fourth-order valence-electron chi connectivity index (χ4n) is 2.39. The van der Waals surface area contributed by atoms with Gasteiger partial charge in [-0.05, 0) is 57.9 Å². The summed E-state index contributed by atoms with van der Waals surface area (Å²) in [5.41, 5.74) is 4.73. The van der Waals surface area contributed by atoms with E-state index >= 15 is 0 Å². The highest BCUT2D eigenvalue weighted by Crippen LogP contribution is 2.33. The maximum atomic E-state index is 12.0. The number of rotatable bonds is 7. The third-order valence-corrected chi connectivity index (χ3v) is 5.12. The highest BCUT2D eigenvalue weighted by atomic mass is 79.9. The van der Waals surface area contributed by atoms with Crippen LogP contribution in [-0.2, 0) is 6.61 Å². The first-order valence-corrected chi connectivity index (χ1v) is 10.1. The van der Waals surface area contributed by atoms with E-state index in [9.17, 15) is 4.79 Å².